The van der Waals surface area contributed by atoms with Crippen LogP contribution < -0.4 is 12.4 Å². The Morgan fingerprint density at radius 1 is 0.656 bits per heavy atom. The Hall–Kier alpha value is -0.0700. The van der Waals surface area contributed by atoms with Crippen molar-refractivity contribution >= 4 is 13.2 Å². The van der Waals surface area contributed by atoms with Gasteiger partial charge in [-0.3, -0.25) is 0 Å². The number of halogens is 1. The lowest BCUT2D eigenvalue weighted by molar-refractivity contribution is -0.138. The van der Waals surface area contributed by atoms with E-state index in [-0.39, 0.29) is 18.4 Å². The minimum absolute atomic E-state index is 0. The summed E-state index contributed by atoms with van der Waals surface area (Å²) in [4.78, 5) is 11.6. The SMILES string of the molecule is C=C(C)C(=O)OCC[P+](CC)(CC)CCCCCCCCCCCCCCCCCC.[Cl-]. The Bertz CT molecular complexity index is 435. The lowest BCUT2D eigenvalue weighted by atomic mass is 10.0. The summed E-state index contributed by atoms with van der Waals surface area (Å²) in [5.41, 5.74) is 0.509. The van der Waals surface area contributed by atoms with Crippen molar-refractivity contribution in [3.05, 3.63) is 12.2 Å². The Morgan fingerprint density at radius 2 is 1.03 bits per heavy atom. The van der Waals surface area contributed by atoms with Crippen molar-refractivity contribution in [2.75, 3.05) is 31.3 Å². The predicted octanol–water partition coefficient (Wildman–Crippen LogP) is 6.43. The van der Waals surface area contributed by atoms with Gasteiger partial charge in [0, 0.05) is 12.8 Å². The summed E-state index contributed by atoms with van der Waals surface area (Å²) in [7, 11) is -0.940. The number of hydrogen-bond donors (Lipinski definition) is 0. The van der Waals surface area contributed by atoms with Gasteiger partial charge in [0.15, 0.2) is 0 Å². The minimum Gasteiger partial charge on any atom is -1.00 e. The van der Waals surface area contributed by atoms with Crippen molar-refractivity contribution in [1.29, 1.82) is 0 Å². The molecule has 192 valence electrons. The second-order valence-corrected chi connectivity index (χ2v) is 14.5. The highest BCUT2D eigenvalue weighted by Crippen LogP contribution is 2.58. The van der Waals surface area contributed by atoms with Gasteiger partial charge in [-0.15, -0.1) is 0 Å². The van der Waals surface area contributed by atoms with E-state index in [1.807, 2.05) is 0 Å². The largest absolute Gasteiger partial charge is 1.00 e. The van der Waals surface area contributed by atoms with E-state index in [0.717, 1.165) is 6.16 Å². The zero-order chi connectivity index (χ0) is 23.2. The molecule has 0 saturated heterocycles. The number of carbonyl (C=O) groups is 1. The second-order valence-electron chi connectivity index (χ2n) is 9.64. The molecule has 0 fully saturated rings. The third-order valence-electron chi connectivity index (χ3n) is 6.97. The summed E-state index contributed by atoms with van der Waals surface area (Å²) in [6.45, 7) is 12.9. The monoisotopic (exact) mass is 490 g/mol. The Labute approximate surface area is 208 Å². The van der Waals surface area contributed by atoms with Crippen LogP contribution >= 0.6 is 7.26 Å². The molecule has 0 amide bonds. The molecule has 0 saturated carbocycles. The molecule has 2 nitrogen and oxygen atoms in total. The summed E-state index contributed by atoms with van der Waals surface area (Å²) in [5.74, 6) is -0.229. The highest BCUT2D eigenvalue weighted by Gasteiger charge is 2.32. The molecule has 0 aliphatic carbocycles. The molecule has 0 radical (unpaired) electrons. The summed E-state index contributed by atoms with van der Waals surface area (Å²) in [6, 6.07) is 0. The van der Waals surface area contributed by atoms with Crippen LogP contribution in [0.25, 0.3) is 0 Å². The van der Waals surface area contributed by atoms with Crippen LogP contribution in [0, 0.1) is 0 Å². The van der Waals surface area contributed by atoms with Crippen molar-refractivity contribution in [1.82, 2.24) is 0 Å². The van der Waals surface area contributed by atoms with E-state index >= 15 is 0 Å². The molecule has 0 bridgehead atoms. The fraction of sp³-hybridized carbons (Fsp3) is 0.893. The van der Waals surface area contributed by atoms with Crippen LogP contribution in [-0.4, -0.2) is 37.2 Å². The van der Waals surface area contributed by atoms with Gasteiger partial charge in [-0.25, -0.2) is 4.79 Å². The molecular formula is C28H56ClO2P. The van der Waals surface area contributed by atoms with E-state index in [2.05, 4.69) is 27.4 Å². The van der Waals surface area contributed by atoms with E-state index in [1.165, 1.54) is 121 Å². The van der Waals surface area contributed by atoms with Gasteiger partial charge in [0.2, 0.25) is 0 Å². The normalized spacial score (nSPS) is 11.2. The van der Waals surface area contributed by atoms with Crippen molar-refractivity contribution < 1.29 is 21.9 Å². The molecule has 0 heterocycles. The summed E-state index contributed by atoms with van der Waals surface area (Å²) in [5, 5.41) is 0. The minimum atomic E-state index is -0.940. The molecule has 0 aliphatic heterocycles. The highest BCUT2D eigenvalue weighted by atomic mass is 35.5. The number of carbonyl (C=O) groups excluding carboxylic acids is 1. The fourth-order valence-electron chi connectivity index (χ4n) is 4.42. The van der Waals surface area contributed by atoms with Gasteiger partial charge >= 0.3 is 5.97 Å². The van der Waals surface area contributed by atoms with Crippen molar-refractivity contribution in [2.24, 2.45) is 0 Å². The van der Waals surface area contributed by atoms with Gasteiger partial charge in [-0.05, 0) is 33.6 Å². The van der Waals surface area contributed by atoms with Gasteiger partial charge in [0.05, 0.1) is 24.6 Å². The lowest BCUT2D eigenvalue weighted by Crippen LogP contribution is -3.00. The first-order valence-corrected chi connectivity index (χ1v) is 16.2. The van der Waals surface area contributed by atoms with E-state index < -0.39 is 7.26 Å². The van der Waals surface area contributed by atoms with Crippen LogP contribution in [0.15, 0.2) is 12.2 Å². The van der Waals surface area contributed by atoms with Crippen LogP contribution in [0.1, 0.15) is 130 Å². The van der Waals surface area contributed by atoms with Gasteiger partial charge < -0.3 is 17.1 Å². The van der Waals surface area contributed by atoms with Gasteiger partial charge in [-0.2, -0.15) is 0 Å². The quantitative estimate of drug-likeness (QED) is 0.0713. The molecule has 0 aromatic rings. The first-order chi connectivity index (χ1) is 15.0. The average molecular weight is 491 g/mol. The summed E-state index contributed by atoms with van der Waals surface area (Å²) < 4.78 is 5.38. The second kappa shape index (κ2) is 24.1. The number of unbranched alkanes of at least 4 members (excludes halogenated alkanes) is 15. The first-order valence-electron chi connectivity index (χ1n) is 13.7. The predicted molar refractivity (Wildman–Crippen MR) is 143 cm³/mol. The summed E-state index contributed by atoms with van der Waals surface area (Å²) in [6.07, 6.45) is 27.9. The smallest absolute Gasteiger partial charge is 0.333 e. The molecule has 4 heteroatoms. The molecule has 32 heavy (non-hydrogen) atoms. The fourth-order valence-corrected chi connectivity index (χ4v) is 7.73. The maximum Gasteiger partial charge on any atom is 0.333 e. The molecule has 0 rings (SSSR count). The van der Waals surface area contributed by atoms with E-state index in [4.69, 9.17) is 4.74 Å². The van der Waals surface area contributed by atoms with Crippen LogP contribution in [0.4, 0.5) is 0 Å². The third kappa shape index (κ3) is 19.4. The molecule has 0 N–H and O–H groups in total. The van der Waals surface area contributed by atoms with E-state index in [0.29, 0.717) is 12.2 Å². The number of hydrogen-bond acceptors (Lipinski definition) is 2. The molecule has 0 aliphatic rings. The third-order valence-corrected chi connectivity index (χ3v) is 12.1. The van der Waals surface area contributed by atoms with Crippen molar-refractivity contribution in [3.63, 3.8) is 0 Å². The first kappa shape index (κ1) is 34.1. The molecule has 0 atom stereocenters. The van der Waals surface area contributed by atoms with E-state index in [1.54, 1.807) is 6.92 Å². The standard InChI is InChI=1S/C28H56O2P.ClH/c1-6-9-10-11-12-13-14-15-16-17-18-19-20-21-22-23-25-31(7-2,8-3)26-24-30-28(29)27(4)5;/h4,6-26H2,1-3,5H3;1H/q+1;/p-1. The number of ether oxygens (including phenoxy) is 1. The molecule has 0 aromatic heterocycles. The van der Waals surface area contributed by atoms with Crippen molar-refractivity contribution in [2.45, 2.75) is 130 Å². The molecular weight excluding hydrogens is 435 g/mol. The van der Waals surface area contributed by atoms with Crippen LogP contribution in [0.2, 0.25) is 0 Å². The topological polar surface area (TPSA) is 26.3 Å². The highest BCUT2D eigenvalue weighted by molar-refractivity contribution is 7.75. The van der Waals surface area contributed by atoms with Crippen molar-refractivity contribution in [3.8, 4) is 0 Å². The Balaban J connectivity index is 0. The Morgan fingerprint density at radius 3 is 1.38 bits per heavy atom. The zero-order valence-corrected chi connectivity index (χ0v) is 23.8. The van der Waals surface area contributed by atoms with Crippen LogP contribution in [0.3, 0.4) is 0 Å². The van der Waals surface area contributed by atoms with Gasteiger partial charge in [0.1, 0.15) is 6.61 Å². The average Bonchev–Trinajstić information content (AvgIpc) is 2.77. The molecule has 0 spiro atoms. The van der Waals surface area contributed by atoms with Crippen LogP contribution in [-0.2, 0) is 9.53 Å². The maximum atomic E-state index is 11.6. The lowest BCUT2D eigenvalue weighted by Gasteiger charge is -2.25. The molecule has 0 aromatic carbocycles. The van der Waals surface area contributed by atoms with Gasteiger partial charge in [-0.1, -0.05) is 103 Å². The van der Waals surface area contributed by atoms with Crippen LogP contribution in [0.5, 0.6) is 0 Å². The van der Waals surface area contributed by atoms with Gasteiger partial charge in [0.25, 0.3) is 0 Å². The number of rotatable bonds is 23. The van der Waals surface area contributed by atoms with E-state index in [9.17, 15) is 4.79 Å². The number of esters is 1. The maximum absolute atomic E-state index is 11.6. The summed E-state index contributed by atoms with van der Waals surface area (Å²) >= 11 is 0. The zero-order valence-electron chi connectivity index (χ0n) is 22.2. The Kier molecular flexibility index (Phi) is 25.6. The molecule has 0 unspecified atom stereocenters.